The smallest absolute Gasteiger partial charge is 0.145 e. The minimum absolute atomic E-state index is 0.203. The molecule has 2 heteroatoms. The van der Waals surface area contributed by atoms with Gasteiger partial charge in [0.1, 0.15) is 12.1 Å². The Morgan fingerprint density at radius 1 is 1.45 bits per heavy atom. The number of ketones is 1. The molecule has 0 bridgehead atoms. The van der Waals surface area contributed by atoms with Crippen molar-refractivity contribution < 1.29 is 9.59 Å². The first-order valence-corrected chi connectivity index (χ1v) is 3.84. The number of aldehydes is 1. The molecule has 0 radical (unpaired) electrons. The fraction of sp³-hybridized carbons (Fsp3) is 0.556. The average molecular weight is 154 g/mol. The zero-order valence-electron chi connectivity index (χ0n) is 7.09. The molecule has 11 heavy (non-hydrogen) atoms. The van der Waals surface area contributed by atoms with Crippen LogP contribution in [0.3, 0.4) is 0 Å². The Kier molecular flexibility index (Phi) is 5.35. The first-order valence-electron chi connectivity index (χ1n) is 3.84. The van der Waals surface area contributed by atoms with Gasteiger partial charge in [-0.05, 0) is 18.9 Å². The predicted octanol–water partition coefficient (Wildman–Crippen LogP) is 1.89. The zero-order valence-corrected chi connectivity index (χ0v) is 7.09. The van der Waals surface area contributed by atoms with Gasteiger partial charge in [-0.15, -0.1) is 0 Å². The molecule has 0 heterocycles. The second kappa shape index (κ2) is 5.83. The Morgan fingerprint density at radius 2 is 2.09 bits per heavy atom. The van der Waals surface area contributed by atoms with Crippen molar-refractivity contribution in [2.24, 2.45) is 0 Å². The summed E-state index contributed by atoms with van der Waals surface area (Å²) < 4.78 is 0. The molecule has 0 atom stereocenters. The van der Waals surface area contributed by atoms with Crippen molar-refractivity contribution in [3.8, 4) is 0 Å². The number of carbonyl (C=O) groups excluding carboxylic acids is 2. The van der Waals surface area contributed by atoms with Crippen molar-refractivity contribution >= 4 is 12.1 Å². The van der Waals surface area contributed by atoms with Crippen LogP contribution in [-0.2, 0) is 9.59 Å². The van der Waals surface area contributed by atoms with Crippen LogP contribution in [0.4, 0.5) is 0 Å². The topological polar surface area (TPSA) is 34.1 Å². The van der Waals surface area contributed by atoms with Crippen LogP contribution in [0.25, 0.3) is 0 Å². The first kappa shape index (κ1) is 10.1. The third-order valence-electron chi connectivity index (χ3n) is 1.37. The normalized spacial score (nSPS) is 11.3. The van der Waals surface area contributed by atoms with E-state index < -0.39 is 0 Å². The van der Waals surface area contributed by atoms with Crippen LogP contribution >= 0.6 is 0 Å². The summed E-state index contributed by atoms with van der Waals surface area (Å²) in [6.07, 6.45) is 4.33. The summed E-state index contributed by atoms with van der Waals surface area (Å²) in [6.45, 7) is 3.67. The first-order chi connectivity index (χ1) is 5.20. The number of hydrogen-bond donors (Lipinski definition) is 0. The monoisotopic (exact) mass is 154 g/mol. The summed E-state index contributed by atoms with van der Waals surface area (Å²) >= 11 is 0. The van der Waals surface area contributed by atoms with Gasteiger partial charge < -0.3 is 0 Å². The van der Waals surface area contributed by atoms with Crippen molar-refractivity contribution in [1.82, 2.24) is 0 Å². The van der Waals surface area contributed by atoms with Crippen LogP contribution in [0.1, 0.15) is 33.1 Å². The molecular weight excluding hydrogens is 140 g/mol. The van der Waals surface area contributed by atoms with Gasteiger partial charge in [-0.25, -0.2) is 0 Å². The molecule has 0 amide bonds. The third kappa shape index (κ3) is 5.52. The second-order valence-corrected chi connectivity index (χ2v) is 2.56. The molecule has 0 spiro atoms. The van der Waals surface area contributed by atoms with Crippen molar-refractivity contribution in [2.75, 3.05) is 0 Å². The van der Waals surface area contributed by atoms with Crippen molar-refractivity contribution in [3.63, 3.8) is 0 Å². The SMILES string of the molecule is CCCC(=O)C/C=C(\C)C=O. The van der Waals surface area contributed by atoms with Gasteiger partial charge in [-0.2, -0.15) is 0 Å². The highest BCUT2D eigenvalue weighted by Crippen LogP contribution is 1.97. The summed E-state index contributed by atoms with van der Waals surface area (Å²) in [4.78, 5) is 21.0. The minimum atomic E-state index is 0.203. The number of allylic oxidation sites excluding steroid dienone is 2. The molecule has 2 nitrogen and oxygen atoms in total. The molecular formula is C9H14O2. The average Bonchev–Trinajstić information content (AvgIpc) is 2.01. The van der Waals surface area contributed by atoms with Crippen LogP contribution in [0.5, 0.6) is 0 Å². The maximum absolute atomic E-state index is 10.9. The highest BCUT2D eigenvalue weighted by Gasteiger charge is 1.96. The van der Waals surface area contributed by atoms with Gasteiger partial charge in [0.15, 0.2) is 0 Å². The van der Waals surface area contributed by atoms with Gasteiger partial charge in [-0.3, -0.25) is 9.59 Å². The number of hydrogen-bond acceptors (Lipinski definition) is 2. The summed E-state index contributed by atoms with van der Waals surface area (Å²) in [5.74, 6) is 0.203. The molecule has 0 aromatic rings. The molecule has 0 unspecified atom stereocenters. The van der Waals surface area contributed by atoms with Crippen LogP contribution in [0, 0.1) is 0 Å². The van der Waals surface area contributed by atoms with Crippen molar-refractivity contribution in [2.45, 2.75) is 33.1 Å². The maximum atomic E-state index is 10.9. The van der Waals surface area contributed by atoms with Crippen LogP contribution < -0.4 is 0 Å². The molecule has 0 fully saturated rings. The fourth-order valence-corrected chi connectivity index (χ4v) is 0.704. The molecule has 0 saturated heterocycles. The van der Waals surface area contributed by atoms with E-state index in [2.05, 4.69) is 0 Å². The number of Topliss-reactive ketones (excluding diaryl/α,β-unsaturated/α-hetero) is 1. The Morgan fingerprint density at radius 3 is 2.55 bits per heavy atom. The molecule has 0 N–H and O–H groups in total. The van der Waals surface area contributed by atoms with E-state index in [-0.39, 0.29) is 5.78 Å². The zero-order chi connectivity index (χ0) is 8.69. The van der Waals surface area contributed by atoms with Gasteiger partial charge in [0, 0.05) is 12.8 Å². The Bertz CT molecular complexity index is 168. The van der Waals surface area contributed by atoms with E-state index in [9.17, 15) is 9.59 Å². The predicted molar refractivity (Wildman–Crippen MR) is 44.4 cm³/mol. The maximum Gasteiger partial charge on any atom is 0.145 e. The lowest BCUT2D eigenvalue weighted by molar-refractivity contribution is -0.118. The van der Waals surface area contributed by atoms with Gasteiger partial charge in [-0.1, -0.05) is 13.0 Å². The molecule has 0 saturated carbocycles. The number of carbonyl (C=O) groups is 2. The molecule has 62 valence electrons. The van der Waals surface area contributed by atoms with E-state index in [1.54, 1.807) is 13.0 Å². The summed E-state index contributed by atoms with van der Waals surface area (Å²) in [6, 6.07) is 0. The summed E-state index contributed by atoms with van der Waals surface area (Å²) in [7, 11) is 0. The lowest BCUT2D eigenvalue weighted by Gasteiger charge is -1.92. The van der Waals surface area contributed by atoms with Gasteiger partial charge in [0.05, 0.1) is 0 Å². The van der Waals surface area contributed by atoms with Crippen molar-refractivity contribution in [1.29, 1.82) is 0 Å². The van der Waals surface area contributed by atoms with E-state index in [0.717, 1.165) is 12.7 Å². The van der Waals surface area contributed by atoms with E-state index in [0.29, 0.717) is 18.4 Å². The molecule has 0 rings (SSSR count). The van der Waals surface area contributed by atoms with E-state index >= 15 is 0 Å². The Balaban J connectivity index is 3.68. The van der Waals surface area contributed by atoms with Crippen LogP contribution in [-0.4, -0.2) is 12.1 Å². The fourth-order valence-electron chi connectivity index (χ4n) is 0.704. The van der Waals surface area contributed by atoms with Gasteiger partial charge >= 0.3 is 0 Å². The second-order valence-electron chi connectivity index (χ2n) is 2.56. The quantitative estimate of drug-likeness (QED) is 0.447. The standard InChI is InChI=1S/C9H14O2/c1-3-4-9(11)6-5-8(2)7-10/h5,7H,3-4,6H2,1-2H3/b8-5+. The number of rotatable bonds is 5. The molecule has 0 aromatic heterocycles. The van der Waals surface area contributed by atoms with E-state index in [1.165, 1.54) is 0 Å². The molecule has 0 aliphatic rings. The van der Waals surface area contributed by atoms with Gasteiger partial charge in [0.25, 0.3) is 0 Å². The largest absolute Gasteiger partial charge is 0.299 e. The van der Waals surface area contributed by atoms with Gasteiger partial charge in [0.2, 0.25) is 0 Å². The Hall–Kier alpha value is -0.920. The molecule has 0 aliphatic carbocycles. The third-order valence-corrected chi connectivity index (χ3v) is 1.37. The Labute approximate surface area is 67.3 Å². The minimum Gasteiger partial charge on any atom is -0.299 e. The molecule has 0 aromatic carbocycles. The van der Waals surface area contributed by atoms with Crippen LogP contribution in [0.2, 0.25) is 0 Å². The van der Waals surface area contributed by atoms with Crippen LogP contribution in [0.15, 0.2) is 11.6 Å². The lowest BCUT2D eigenvalue weighted by Crippen LogP contribution is -1.94. The summed E-state index contributed by atoms with van der Waals surface area (Å²) in [5, 5.41) is 0. The highest BCUT2D eigenvalue weighted by atomic mass is 16.1. The van der Waals surface area contributed by atoms with E-state index in [4.69, 9.17) is 0 Å². The van der Waals surface area contributed by atoms with E-state index in [1.807, 2.05) is 6.92 Å². The van der Waals surface area contributed by atoms with Crippen molar-refractivity contribution in [3.05, 3.63) is 11.6 Å². The summed E-state index contributed by atoms with van der Waals surface area (Å²) in [5.41, 5.74) is 0.634. The molecule has 0 aliphatic heterocycles. The lowest BCUT2D eigenvalue weighted by atomic mass is 10.1. The highest BCUT2D eigenvalue weighted by molar-refractivity contribution is 5.81.